The summed E-state index contributed by atoms with van der Waals surface area (Å²) in [4.78, 5) is 6.57. The molecule has 2 atom stereocenters. The van der Waals surface area contributed by atoms with Crippen LogP contribution in [0, 0.1) is 12.7 Å². The summed E-state index contributed by atoms with van der Waals surface area (Å²) in [5, 5.41) is 17.6. The fraction of sp³-hybridized carbons (Fsp3) is 0.368. The van der Waals surface area contributed by atoms with Crippen LogP contribution in [0.4, 0.5) is 15.9 Å². The van der Waals surface area contributed by atoms with Gasteiger partial charge in [-0.2, -0.15) is 5.10 Å². The number of rotatable bonds is 4. The number of benzene rings is 1. The summed E-state index contributed by atoms with van der Waals surface area (Å²) in [5.41, 5.74) is 9.15. The van der Waals surface area contributed by atoms with Gasteiger partial charge in [0, 0.05) is 37.6 Å². The molecule has 4 N–H and O–H groups in total. The minimum atomic E-state index is -0.510. The van der Waals surface area contributed by atoms with Gasteiger partial charge in [-0.3, -0.25) is 4.90 Å². The molecule has 0 saturated carbocycles. The van der Waals surface area contributed by atoms with Gasteiger partial charge < -0.3 is 16.2 Å². The van der Waals surface area contributed by atoms with Crippen LogP contribution in [-0.4, -0.2) is 49.8 Å². The van der Waals surface area contributed by atoms with Gasteiger partial charge in [0.25, 0.3) is 0 Å². The van der Waals surface area contributed by atoms with Crippen molar-refractivity contribution in [2.45, 2.75) is 32.0 Å². The number of aliphatic hydroxyl groups is 1. The van der Waals surface area contributed by atoms with Crippen LogP contribution in [0.1, 0.15) is 17.5 Å². The second-order valence-corrected chi connectivity index (χ2v) is 7.09. The quantitative estimate of drug-likeness (QED) is 0.649. The molecule has 3 aromatic rings. The Morgan fingerprint density at radius 2 is 2.22 bits per heavy atom. The number of halogens is 1. The molecule has 0 aliphatic carbocycles. The summed E-state index contributed by atoms with van der Waals surface area (Å²) in [6.45, 7) is 3.78. The zero-order valence-electron chi connectivity index (χ0n) is 15.1. The van der Waals surface area contributed by atoms with Crippen molar-refractivity contribution in [2.24, 2.45) is 5.73 Å². The SMILES string of the molecule is Cc1cc(Nc2ncnn3ccc(CN4CC[C@@H](N)[C@H](O)C4)c23)ccc1F. The lowest BCUT2D eigenvalue weighted by atomic mass is 10.0. The van der Waals surface area contributed by atoms with Gasteiger partial charge in [-0.1, -0.05) is 0 Å². The van der Waals surface area contributed by atoms with Crippen molar-refractivity contribution in [3.63, 3.8) is 0 Å². The Morgan fingerprint density at radius 1 is 1.37 bits per heavy atom. The van der Waals surface area contributed by atoms with Gasteiger partial charge in [0.05, 0.1) is 6.10 Å². The molecule has 2 aromatic heterocycles. The third kappa shape index (κ3) is 3.64. The maximum absolute atomic E-state index is 13.5. The number of nitrogens with zero attached hydrogens (tertiary/aromatic N) is 4. The first-order chi connectivity index (χ1) is 13.0. The highest BCUT2D eigenvalue weighted by Crippen LogP contribution is 2.25. The topological polar surface area (TPSA) is 91.7 Å². The van der Waals surface area contributed by atoms with Crippen molar-refractivity contribution < 1.29 is 9.50 Å². The lowest BCUT2D eigenvalue weighted by Gasteiger charge is -2.33. The summed E-state index contributed by atoms with van der Waals surface area (Å²) in [5.74, 6) is 0.420. The van der Waals surface area contributed by atoms with E-state index in [4.69, 9.17) is 5.73 Å². The summed E-state index contributed by atoms with van der Waals surface area (Å²) in [6.07, 6.45) is 3.63. The zero-order valence-corrected chi connectivity index (χ0v) is 15.1. The van der Waals surface area contributed by atoms with Crippen LogP contribution in [0.15, 0.2) is 36.8 Å². The molecule has 7 nitrogen and oxygen atoms in total. The summed E-state index contributed by atoms with van der Waals surface area (Å²) < 4.78 is 15.3. The van der Waals surface area contributed by atoms with E-state index in [1.54, 1.807) is 23.6 Å². The minimum Gasteiger partial charge on any atom is -0.390 e. The van der Waals surface area contributed by atoms with Crippen molar-refractivity contribution in [3.8, 4) is 0 Å². The third-order valence-corrected chi connectivity index (χ3v) is 5.07. The first-order valence-corrected chi connectivity index (χ1v) is 9.01. The fourth-order valence-corrected chi connectivity index (χ4v) is 3.50. The number of anilines is 2. The number of nitrogens with one attached hydrogen (secondary N) is 1. The van der Waals surface area contributed by atoms with Crippen molar-refractivity contribution >= 4 is 17.0 Å². The molecule has 27 heavy (non-hydrogen) atoms. The molecule has 3 heterocycles. The van der Waals surface area contributed by atoms with Crippen molar-refractivity contribution in [1.29, 1.82) is 0 Å². The standard InChI is InChI=1S/C19H23FN6O/c1-12-8-14(2-3-15(12)20)24-19-18-13(4-7-26(18)23-11-22-19)9-25-6-5-16(21)17(27)10-25/h2-4,7-8,11,16-17,27H,5-6,9-10,21H2,1H3,(H,22,23,24)/t16-,17-/m1/s1. The molecule has 1 aliphatic heterocycles. The molecule has 1 fully saturated rings. The second-order valence-electron chi connectivity index (χ2n) is 7.09. The van der Waals surface area contributed by atoms with E-state index in [1.165, 1.54) is 12.4 Å². The Morgan fingerprint density at radius 3 is 3.00 bits per heavy atom. The van der Waals surface area contributed by atoms with E-state index in [-0.39, 0.29) is 11.9 Å². The molecule has 0 spiro atoms. The van der Waals surface area contributed by atoms with Crippen LogP contribution in [0.2, 0.25) is 0 Å². The maximum Gasteiger partial charge on any atom is 0.158 e. The lowest BCUT2D eigenvalue weighted by Crippen LogP contribution is -2.50. The number of hydrogen-bond acceptors (Lipinski definition) is 6. The molecule has 1 aromatic carbocycles. The molecule has 0 unspecified atom stereocenters. The van der Waals surface area contributed by atoms with E-state index in [9.17, 15) is 9.50 Å². The number of aromatic nitrogens is 3. The molecule has 1 aliphatic rings. The predicted molar refractivity (Wildman–Crippen MR) is 101 cm³/mol. The van der Waals surface area contributed by atoms with Crippen LogP contribution in [-0.2, 0) is 6.54 Å². The number of hydrogen-bond donors (Lipinski definition) is 3. The molecular weight excluding hydrogens is 347 g/mol. The number of fused-ring (bicyclic) bond motifs is 1. The number of likely N-dealkylation sites (tertiary alicyclic amines) is 1. The summed E-state index contributed by atoms with van der Waals surface area (Å²) in [7, 11) is 0. The largest absolute Gasteiger partial charge is 0.390 e. The molecule has 0 bridgehead atoms. The van der Waals surface area contributed by atoms with Gasteiger partial charge in [-0.15, -0.1) is 0 Å². The molecule has 4 rings (SSSR count). The number of piperidine rings is 1. The molecule has 1 saturated heterocycles. The molecule has 0 amide bonds. The van der Waals surface area contributed by atoms with Crippen molar-refractivity contribution in [2.75, 3.05) is 18.4 Å². The second kappa shape index (κ2) is 7.22. The number of β-amino-alcohol motifs (C(OH)–C–C–N with tert-alkyl or cyclic N) is 1. The van der Waals surface area contributed by atoms with Crippen LogP contribution in [0.25, 0.3) is 5.52 Å². The van der Waals surface area contributed by atoms with Crippen LogP contribution in [0.5, 0.6) is 0 Å². The smallest absolute Gasteiger partial charge is 0.158 e. The van der Waals surface area contributed by atoms with Crippen LogP contribution >= 0.6 is 0 Å². The van der Waals surface area contributed by atoms with E-state index >= 15 is 0 Å². The molecule has 0 radical (unpaired) electrons. The highest BCUT2D eigenvalue weighted by molar-refractivity contribution is 5.76. The molecule has 142 valence electrons. The normalized spacial score (nSPS) is 20.9. The third-order valence-electron chi connectivity index (χ3n) is 5.07. The van der Waals surface area contributed by atoms with E-state index in [0.29, 0.717) is 24.5 Å². The van der Waals surface area contributed by atoms with Gasteiger partial charge in [0.2, 0.25) is 0 Å². The summed E-state index contributed by atoms with van der Waals surface area (Å²) in [6, 6.07) is 6.72. The Balaban J connectivity index is 1.62. The average Bonchev–Trinajstić information content (AvgIpc) is 3.05. The van der Waals surface area contributed by atoms with Gasteiger partial charge >= 0.3 is 0 Å². The Bertz CT molecular complexity index is 959. The monoisotopic (exact) mass is 370 g/mol. The predicted octanol–water partition coefficient (Wildman–Crippen LogP) is 1.81. The van der Waals surface area contributed by atoms with Crippen molar-refractivity contribution in [1.82, 2.24) is 19.5 Å². The molecular formula is C19H23FN6O. The Hall–Kier alpha value is -2.55. The lowest BCUT2D eigenvalue weighted by molar-refractivity contribution is 0.0501. The van der Waals surface area contributed by atoms with E-state index in [1.807, 2.05) is 12.3 Å². The van der Waals surface area contributed by atoms with Gasteiger partial charge in [-0.05, 0) is 48.7 Å². The van der Waals surface area contributed by atoms with Crippen molar-refractivity contribution in [3.05, 3.63) is 53.7 Å². The first kappa shape index (κ1) is 17.8. The van der Waals surface area contributed by atoms with Gasteiger partial charge in [-0.25, -0.2) is 13.9 Å². The first-order valence-electron chi connectivity index (χ1n) is 9.01. The fourth-order valence-electron chi connectivity index (χ4n) is 3.50. The van der Waals surface area contributed by atoms with E-state index in [0.717, 1.165) is 29.7 Å². The molecule has 8 heteroatoms. The maximum atomic E-state index is 13.5. The highest BCUT2D eigenvalue weighted by Gasteiger charge is 2.25. The van der Waals surface area contributed by atoms with E-state index < -0.39 is 6.10 Å². The summed E-state index contributed by atoms with van der Waals surface area (Å²) >= 11 is 0. The van der Waals surface area contributed by atoms with Crippen LogP contribution < -0.4 is 11.1 Å². The van der Waals surface area contributed by atoms with Gasteiger partial charge in [0.1, 0.15) is 17.7 Å². The Kier molecular flexibility index (Phi) is 4.77. The zero-order chi connectivity index (χ0) is 19.0. The van der Waals surface area contributed by atoms with Gasteiger partial charge in [0.15, 0.2) is 5.82 Å². The highest BCUT2D eigenvalue weighted by atomic mass is 19.1. The minimum absolute atomic E-state index is 0.158. The Labute approximate surface area is 156 Å². The number of aryl methyl sites for hydroxylation is 1. The number of nitrogens with two attached hydrogens (primary N) is 1. The number of aliphatic hydroxyl groups excluding tert-OH is 1. The van der Waals surface area contributed by atoms with E-state index in [2.05, 4.69) is 20.3 Å². The van der Waals surface area contributed by atoms with Crippen LogP contribution in [0.3, 0.4) is 0 Å². The average molecular weight is 370 g/mol.